The maximum absolute atomic E-state index is 11.7. The maximum atomic E-state index is 11.7. The SMILES string of the molecule is CC(C)COC(=O)COC1=CC=CC(c2cc(C=O)ccc2CN)=CC1. The van der Waals surface area contributed by atoms with Crippen molar-refractivity contribution in [3.63, 3.8) is 0 Å². The molecule has 1 aliphatic carbocycles. The molecular formula is C21H25NO4. The van der Waals surface area contributed by atoms with E-state index in [1.165, 1.54) is 0 Å². The number of benzene rings is 1. The summed E-state index contributed by atoms with van der Waals surface area (Å²) >= 11 is 0. The van der Waals surface area contributed by atoms with Gasteiger partial charge in [0.05, 0.1) is 6.61 Å². The average molecular weight is 355 g/mol. The fourth-order valence-electron chi connectivity index (χ4n) is 2.48. The highest BCUT2D eigenvalue weighted by Crippen LogP contribution is 2.25. The summed E-state index contributed by atoms with van der Waals surface area (Å²) < 4.78 is 10.7. The van der Waals surface area contributed by atoms with Crippen LogP contribution in [-0.2, 0) is 20.8 Å². The Labute approximate surface area is 154 Å². The first-order chi connectivity index (χ1) is 12.5. The van der Waals surface area contributed by atoms with Gasteiger partial charge in [-0.15, -0.1) is 0 Å². The summed E-state index contributed by atoms with van der Waals surface area (Å²) in [5.74, 6) is 0.600. The minimum atomic E-state index is -0.374. The van der Waals surface area contributed by atoms with Crippen LogP contribution in [0.5, 0.6) is 0 Å². The van der Waals surface area contributed by atoms with Crippen LogP contribution in [-0.4, -0.2) is 25.5 Å². The van der Waals surface area contributed by atoms with Gasteiger partial charge in [-0.05, 0) is 34.8 Å². The van der Waals surface area contributed by atoms with Crippen molar-refractivity contribution in [2.24, 2.45) is 11.7 Å². The predicted molar refractivity (Wildman–Crippen MR) is 101 cm³/mol. The minimum absolute atomic E-state index is 0.107. The number of ether oxygens (including phenoxy) is 2. The Morgan fingerprint density at radius 3 is 2.85 bits per heavy atom. The number of rotatable bonds is 8. The topological polar surface area (TPSA) is 78.6 Å². The Bertz CT molecular complexity index is 744. The molecule has 0 aromatic heterocycles. The molecule has 0 saturated carbocycles. The molecule has 26 heavy (non-hydrogen) atoms. The van der Waals surface area contributed by atoms with E-state index in [-0.39, 0.29) is 12.6 Å². The van der Waals surface area contributed by atoms with Crippen molar-refractivity contribution in [1.29, 1.82) is 0 Å². The van der Waals surface area contributed by atoms with E-state index in [1.54, 1.807) is 6.07 Å². The lowest BCUT2D eigenvalue weighted by atomic mass is 9.96. The number of hydrogen-bond donors (Lipinski definition) is 1. The smallest absolute Gasteiger partial charge is 0.344 e. The van der Waals surface area contributed by atoms with Gasteiger partial charge < -0.3 is 15.2 Å². The first kappa shape index (κ1) is 19.7. The number of nitrogens with two attached hydrogens (primary N) is 1. The highest BCUT2D eigenvalue weighted by molar-refractivity contribution is 5.82. The van der Waals surface area contributed by atoms with Crippen LogP contribution in [0.25, 0.3) is 5.57 Å². The van der Waals surface area contributed by atoms with E-state index in [4.69, 9.17) is 15.2 Å². The largest absolute Gasteiger partial charge is 0.486 e. The summed E-state index contributed by atoms with van der Waals surface area (Å²) in [4.78, 5) is 22.7. The first-order valence-electron chi connectivity index (χ1n) is 8.67. The van der Waals surface area contributed by atoms with Crippen LogP contribution in [0, 0.1) is 5.92 Å². The van der Waals surface area contributed by atoms with E-state index in [0.717, 1.165) is 23.0 Å². The van der Waals surface area contributed by atoms with Gasteiger partial charge in [-0.2, -0.15) is 0 Å². The van der Waals surface area contributed by atoms with Crippen LogP contribution in [0.2, 0.25) is 0 Å². The predicted octanol–water partition coefficient (Wildman–Crippen LogP) is 3.40. The van der Waals surface area contributed by atoms with Gasteiger partial charge >= 0.3 is 5.97 Å². The second-order valence-electron chi connectivity index (χ2n) is 6.46. The van der Waals surface area contributed by atoms with E-state index in [2.05, 4.69) is 0 Å². The third kappa shape index (κ3) is 5.70. The van der Waals surface area contributed by atoms with Crippen LogP contribution in [0.15, 0.2) is 48.3 Å². The molecule has 0 aliphatic heterocycles. The molecule has 138 valence electrons. The molecule has 0 spiro atoms. The molecular weight excluding hydrogens is 330 g/mol. The van der Waals surface area contributed by atoms with Gasteiger partial charge in [-0.25, -0.2) is 4.79 Å². The van der Waals surface area contributed by atoms with Crippen LogP contribution >= 0.6 is 0 Å². The zero-order valence-electron chi connectivity index (χ0n) is 15.2. The van der Waals surface area contributed by atoms with Crippen molar-refractivity contribution in [3.05, 3.63) is 65.0 Å². The first-order valence-corrected chi connectivity index (χ1v) is 8.67. The van der Waals surface area contributed by atoms with Crippen LogP contribution in [0.4, 0.5) is 0 Å². The van der Waals surface area contributed by atoms with Gasteiger partial charge in [-0.1, -0.05) is 44.2 Å². The number of hydrogen-bond acceptors (Lipinski definition) is 5. The zero-order chi connectivity index (χ0) is 18.9. The maximum Gasteiger partial charge on any atom is 0.344 e. The highest BCUT2D eigenvalue weighted by Gasteiger charge is 2.10. The van der Waals surface area contributed by atoms with Crippen molar-refractivity contribution in [3.8, 4) is 0 Å². The molecule has 0 unspecified atom stereocenters. The Morgan fingerprint density at radius 1 is 1.35 bits per heavy atom. The number of allylic oxidation sites excluding steroid dienone is 5. The molecule has 1 aliphatic rings. The monoisotopic (exact) mass is 355 g/mol. The third-order valence-corrected chi connectivity index (χ3v) is 3.84. The molecule has 0 amide bonds. The van der Waals surface area contributed by atoms with Crippen molar-refractivity contribution in [2.45, 2.75) is 26.8 Å². The molecule has 1 aromatic carbocycles. The number of esters is 1. The lowest BCUT2D eigenvalue weighted by molar-refractivity contribution is -0.148. The minimum Gasteiger partial charge on any atom is -0.486 e. The highest BCUT2D eigenvalue weighted by atomic mass is 16.6. The molecule has 1 aromatic rings. The van der Waals surface area contributed by atoms with Crippen molar-refractivity contribution >= 4 is 17.8 Å². The summed E-state index contributed by atoms with van der Waals surface area (Å²) in [6.07, 6.45) is 8.98. The van der Waals surface area contributed by atoms with E-state index in [1.807, 2.05) is 50.3 Å². The fourth-order valence-corrected chi connectivity index (χ4v) is 2.48. The Hall–Kier alpha value is -2.66. The van der Waals surface area contributed by atoms with E-state index < -0.39 is 0 Å². The van der Waals surface area contributed by atoms with Gasteiger partial charge in [-0.3, -0.25) is 4.79 Å². The quantitative estimate of drug-likeness (QED) is 0.571. The molecule has 0 heterocycles. The molecule has 0 saturated heterocycles. The molecule has 0 fully saturated rings. The lowest BCUT2D eigenvalue weighted by Crippen LogP contribution is -2.15. The van der Waals surface area contributed by atoms with Crippen molar-refractivity contribution < 1.29 is 19.1 Å². The standard InChI is InChI=1S/C21H25NO4/c1-15(2)13-26-21(24)14-25-19-5-3-4-17(8-9-19)20-10-16(12-23)6-7-18(20)11-22/h3-8,10,12,15H,9,11,13-14,22H2,1-2H3. The summed E-state index contributed by atoms with van der Waals surface area (Å²) in [7, 11) is 0. The fraction of sp³-hybridized carbons (Fsp3) is 0.333. The molecule has 2 rings (SSSR count). The summed E-state index contributed by atoms with van der Waals surface area (Å²) in [6, 6.07) is 5.46. The summed E-state index contributed by atoms with van der Waals surface area (Å²) in [5.41, 5.74) is 9.28. The van der Waals surface area contributed by atoms with Crippen molar-refractivity contribution in [2.75, 3.05) is 13.2 Å². The van der Waals surface area contributed by atoms with Crippen molar-refractivity contribution in [1.82, 2.24) is 0 Å². The van der Waals surface area contributed by atoms with Crippen LogP contribution in [0.1, 0.15) is 41.8 Å². The molecule has 2 N–H and O–H groups in total. The van der Waals surface area contributed by atoms with Gasteiger partial charge in [0.25, 0.3) is 0 Å². The molecule has 0 radical (unpaired) electrons. The Morgan fingerprint density at radius 2 is 2.15 bits per heavy atom. The zero-order valence-corrected chi connectivity index (χ0v) is 15.2. The second kappa shape index (κ2) is 9.73. The van der Waals surface area contributed by atoms with E-state index in [9.17, 15) is 9.59 Å². The normalized spacial score (nSPS) is 13.7. The van der Waals surface area contributed by atoms with E-state index >= 15 is 0 Å². The van der Waals surface area contributed by atoms with Gasteiger partial charge in [0.15, 0.2) is 6.61 Å². The summed E-state index contributed by atoms with van der Waals surface area (Å²) in [5, 5.41) is 0. The number of carbonyl (C=O) groups is 2. The summed E-state index contributed by atoms with van der Waals surface area (Å²) in [6.45, 7) is 4.63. The van der Waals surface area contributed by atoms with Gasteiger partial charge in [0.2, 0.25) is 0 Å². The van der Waals surface area contributed by atoms with Crippen LogP contribution in [0.3, 0.4) is 0 Å². The Balaban J connectivity index is 2.03. The van der Waals surface area contributed by atoms with Gasteiger partial charge in [0, 0.05) is 18.5 Å². The lowest BCUT2D eigenvalue weighted by Gasteiger charge is -2.11. The number of carbonyl (C=O) groups excluding carboxylic acids is 2. The molecule has 0 bridgehead atoms. The number of aldehydes is 1. The molecule has 0 atom stereocenters. The van der Waals surface area contributed by atoms with Crippen LogP contribution < -0.4 is 5.73 Å². The molecule has 5 nitrogen and oxygen atoms in total. The van der Waals surface area contributed by atoms with Gasteiger partial charge in [0.1, 0.15) is 12.0 Å². The second-order valence-corrected chi connectivity index (χ2v) is 6.46. The average Bonchev–Trinajstić information content (AvgIpc) is 2.89. The third-order valence-electron chi connectivity index (χ3n) is 3.84. The Kier molecular flexibility index (Phi) is 7.36. The van der Waals surface area contributed by atoms with E-state index in [0.29, 0.717) is 36.8 Å². The molecule has 5 heteroatoms.